The summed E-state index contributed by atoms with van der Waals surface area (Å²) in [4.78, 5) is 13.9. The molecule has 14 heavy (non-hydrogen) atoms. The Labute approximate surface area is 94.5 Å². The van der Waals surface area contributed by atoms with Gasteiger partial charge in [0.25, 0.3) is 0 Å². The number of rotatable bonds is 5. The molecule has 0 bridgehead atoms. The summed E-state index contributed by atoms with van der Waals surface area (Å²) in [7, 11) is 0. The van der Waals surface area contributed by atoms with Crippen LogP contribution in [0.5, 0.6) is 0 Å². The summed E-state index contributed by atoms with van der Waals surface area (Å²) in [6, 6.07) is 0. The number of carbonyl (C=O) groups excluding carboxylic acids is 1. The van der Waals surface area contributed by atoms with E-state index in [1.54, 1.807) is 0 Å². The van der Waals surface area contributed by atoms with Gasteiger partial charge in [0.15, 0.2) is 0 Å². The molecular weight excluding hydrogens is 198 g/mol. The number of hydrogen-bond donors (Lipinski definition) is 0. The first kappa shape index (κ1) is 16.4. The van der Waals surface area contributed by atoms with Crippen LogP contribution in [0.3, 0.4) is 0 Å². The van der Waals surface area contributed by atoms with Crippen molar-refractivity contribution in [2.24, 2.45) is 5.41 Å². The Morgan fingerprint density at radius 3 is 1.86 bits per heavy atom. The van der Waals surface area contributed by atoms with E-state index in [0.29, 0.717) is 12.2 Å². The van der Waals surface area contributed by atoms with Crippen molar-refractivity contribution in [1.82, 2.24) is 4.90 Å². The molecule has 0 aliphatic rings. The molecule has 86 valence electrons. The SMILES string of the molecule is CCN(CC)CCC(=O)C(C)(C)C.Cl. The third kappa shape index (κ3) is 6.39. The molecule has 0 rings (SSSR count). The monoisotopic (exact) mass is 221 g/mol. The maximum atomic E-state index is 11.6. The lowest BCUT2D eigenvalue weighted by Crippen LogP contribution is -2.29. The summed E-state index contributed by atoms with van der Waals surface area (Å²) >= 11 is 0. The number of hydrogen-bond acceptors (Lipinski definition) is 2. The van der Waals surface area contributed by atoms with Gasteiger partial charge in [0.05, 0.1) is 0 Å². The average Bonchev–Trinajstić information content (AvgIpc) is 2.04. The molecule has 0 radical (unpaired) electrons. The third-order valence-corrected chi connectivity index (χ3v) is 2.39. The maximum absolute atomic E-state index is 11.6. The number of ketones is 1. The first-order valence-electron chi connectivity index (χ1n) is 5.17. The minimum absolute atomic E-state index is 0. The molecule has 2 nitrogen and oxygen atoms in total. The van der Waals surface area contributed by atoms with Crippen LogP contribution in [0.4, 0.5) is 0 Å². The van der Waals surface area contributed by atoms with Gasteiger partial charge in [-0.1, -0.05) is 34.6 Å². The molecule has 0 atom stereocenters. The van der Waals surface area contributed by atoms with Crippen LogP contribution in [-0.2, 0) is 4.79 Å². The first-order valence-corrected chi connectivity index (χ1v) is 5.17. The predicted molar refractivity (Wildman–Crippen MR) is 64.1 cm³/mol. The van der Waals surface area contributed by atoms with Gasteiger partial charge in [-0.2, -0.15) is 0 Å². The quantitative estimate of drug-likeness (QED) is 0.712. The molecule has 0 N–H and O–H groups in total. The minimum atomic E-state index is -0.173. The Morgan fingerprint density at radius 1 is 1.14 bits per heavy atom. The molecule has 0 saturated heterocycles. The maximum Gasteiger partial charge on any atom is 0.139 e. The van der Waals surface area contributed by atoms with Crippen LogP contribution in [0.15, 0.2) is 0 Å². The molecular formula is C11H24ClNO. The lowest BCUT2D eigenvalue weighted by atomic mass is 9.89. The van der Waals surface area contributed by atoms with Crippen LogP contribution in [-0.4, -0.2) is 30.3 Å². The Morgan fingerprint density at radius 2 is 1.57 bits per heavy atom. The van der Waals surface area contributed by atoms with E-state index < -0.39 is 0 Å². The third-order valence-electron chi connectivity index (χ3n) is 2.39. The van der Waals surface area contributed by atoms with Gasteiger partial charge >= 0.3 is 0 Å². The Bertz CT molecular complexity index is 159. The van der Waals surface area contributed by atoms with Gasteiger partial charge in [0, 0.05) is 18.4 Å². The van der Waals surface area contributed by atoms with Crippen molar-refractivity contribution in [2.75, 3.05) is 19.6 Å². The summed E-state index contributed by atoms with van der Waals surface area (Å²) < 4.78 is 0. The van der Waals surface area contributed by atoms with Crippen molar-refractivity contribution in [3.05, 3.63) is 0 Å². The summed E-state index contributed by atoms with van der Waals surface area (Å²) in [6.45, 7) is 13.2. The fourth-order valence-electron chi connectivity index (χ4n) is 1.17. The molecule has 0 aliphatic heterocycles. The van der Waals surface area contributed by atoms with Crippen molar-refractivity contribution in [2.45, 2.75) is 41.0 Å². The van der Waals surface area contributed by atoms with Crippen LogP contribution in [0.1, 0.15) is 41.0 Å². The molecule has 0 fully saturated rings. The van der Waals surface area contributed by atoms with E-state index in [1.165, 1.54) is 0 Å². The van der Waals surface area contributed by atoms with Gasteiger partial charge in [-0.3, -0.25) is 4.79 Å². The highest BCUT2D eigenvalue weighted by Gasteiger charge is 2.20. The topological polar surface area (TPSA) is 20.3 Å². The zero-order valence-corrected chi connectivity index (χ0v) is 10.9. The van der Waals surface area contributed by atoms with Gasteiger partial charge in [0.2, 0.25) is 0 Å². The van der Waals surface area contributed by atoms with Crippen molar-refractivity contribution in [3.8, 4) is 0 Å². The van der Waals surface area contributed by atoms with E-state index in [0.717, 1.165) is 19.6 Å². The standard InChI is InChI=1S/C11H23NO.ClH/c1-6-12(7-2)9-8-10(13)11(3,4)5;/h6-9H2,1-5H3;1H. The van der Waals surface area contributed by atoms with Gasteiger partial charge < -0.3 is 4.90 Å². The van der Waals surface area contributed by atoms with Crippen LogP contribution in [0.25, 0.3) is 0 Å². The van der Waals surface area contributed by atoms with Crippen LogP contribution in [0, 0.1) is 5.41 Å². The van der Waals surface area contributed by atoms with Crippen molar-refractivity contribution >= 4 is 18.2 Å². The minimum Gasteiger partial charge on any atom is -0.303 e. The summed E-state index contributed by atoms with van der Waals surface area (Å²) in [5.41, 5.74) is -0.173. The normalized spacial score (nSPS) is 11.3. The summed E-state index contributed by atoms with van der Waals surface area (Å²) in [5.74, 6) is 0.361. The number of carbonyl (C=O) groups is 1. The largest absolute Gasteiger partial charge is 0.303 e. The van der Waals surface area contributed by atoms with E-state index >= 15 is 0 Å². The molecule has 0 heterocycles. The van der Waals surface area contributed by atoms with Gasteiger partial charge in [0.1, 0.15) is 5.78 Å². The summed E-state index contributed by atoms with van der Waals surface area (Å²) in [6.07, 6.45) is 0.686. The Hall–Kier alpha value is -0.0800. The van der Waals surface area contributed by atoms with Crippen molar-refractivity contribution in [3.63, 3.8) is 0 Å². The lowest BCUT2D eigenvalue weighted by Gasteiger charge is -2.21. The van der Waals surface area contributed by atoms with Crippen LogP contribution < -0.4 is 0 Å². The zero-order valence-electron chi connectivity index (χ0n) is 10.1. The van der Waals surface area contributed by atoms with Crippen molar-refractivity contribution in [1.29, 1.82) is 0 Å². The molecule has 0 unspecified atom stereocenters. The van der Waals surface area contributed by atoms with E-state index in [-0.39, 0.29) is 17.8 Å². The number of nitrogens with zero attached hydrogens (tertiary/aromatic N) is 1. The first-order chi connectivity index (χ1) is 5.91. The zero-order chi connectivity index (χ0) is 10.5. The second kappa shape index (κ2) is 7.24. The van der Waals surface area contributed by atoms with Crippen LogP contribution >= 0.6 is 12.4 Å². The molecule has 0 aromatic rings. The molecule has 0 aromatic heterocycles. The molecule has 0 aliphatic carbocycles. The van der Waals surface area contributed by atoms with Gasteiger partial charge in [-0.25, -0.2) is 0 Å². The van der Waals surface area contributed by atoms with Gasteiger partial charge in [-0.15, -0.1) is 12.4 Å². The van der Waals surface area contributed by atoms with Crippen LogP contribution in [0.2, 0.25) is 0 Å². The Kier molecular flexibility index (Phi) is 8.46. The highest BCUT2D eigenvalue weighted by atomic mass is 35.5. The van der Waals surface area contributed by atoms with E-state index in [9.17, 15) is 4.79 Å². The summed E-state index contributed by atoms with van der Waals surface area (Å²) in [5, 5.41) is 0. The second-order valence-corrected chi connectivity index (χ2v) is 4.45. The lowest BCUT2D eigenvalue weighted by molar-refractivity contribution is -0.126. The average molecular weight is 222 g/mol. The van der Waals surface area contributed by atoms with Crippen molar-refractivity contribution < 1.29 is 4.79 Å². The van der Waals surface area contributed by atoms with Gasteiger partial charge in [-0.05, 0) is 13.1 Å². The molecule has 3 heteroatoms. The molecule has 0 saturated carbocycles. The van der Waals surface area contributed by atoms with E-state index in [1.807, 2.05) is 20.8 Å². The molecule has 0 amide bonds. The Balaban J connectivity index is 0. The fourth-order valence-corrected chi connectivity index (χ4v) is 1.17. The highest BCUT2D eigenvalue weighted by Crippen LogP contribution is 2.16. The molecule has 0 spiro atoms. The smallest absolute Gasteiger partial charge is 0.139 e. The molecule has 0 aromatic carbocycles. The fraction of sp³-hybridized carbons (Fsp3) is 0.909. The number of halogens is 1. The second-order valence-electron chi connectivity index (χ2n) is 4.45. The predicted octanol–water partition coefficient (Wildman–Crippen LogP) is 2.76. The highest BCUT2D eigenvalue weighted by molar-refractivity contribution is 5.85. The number of Topliss-reactive ketones (excluding diaryl/α,β-unsaturated/α-hetero) is 1. The van der Waals surface area contributed by atoms with E-state index in [2.05, 4.69) is 18.7 Å². The van der Waals surface area contributed by atoms with E-state index in [4.69, 9.17) is 0 Å².